The number of imide groups is 1. The third-order valence-electron chi connectivity index (χ3n) is 1.87. The van der Waals surface area contributed by atoms with Gasteiger partial charge in [0.15, 0.2) is 18.2 Å². The summed E-state index contributed by atoms with van der Waals surface area (Å²) >= 11 is 0. The second-order valence-corrected chi connectivity index (χ2v) is 3.38. The van der Waals surface area contributed by atoms with Crippen LogP contribution in [0.4, 0.5) is 10.2 Å². The van der Waals surface area contributed by atoms with Gasteiger partial charge in [0.1, 0.15) is 0 Å². The van der Waals surface area contributed by atoms with Crippen molar-refractivity contribution in [3.63, 3.8) is 0 Å². The van der Waals surface area contributed by atoms with Crippen molar-refractivity contribution in [1.82, 2.24) is 9.97 Å². The molecule has 2 amide bonds. The first-order valence-electron chi connectivity index (χ1n) is 5.01. The molecule has 0 fully saturated rings. The van der Waals surface area contributed by atoms with Crippen molar-refractivity contribution in [2.24, 2.45) is 0 Å². The second kappa shape index (κ2) is 5.85. The summed E-state index contributed by atoms with van der Waals surface area (Å²) in [5.74, 6) is -4.35. The van der Waals surface area contributed by atoms with Gasteiger partial charge in [-0.2, -0.15) is 4.98 Å². The zero-order chi connectivity index (χ0) is 14.6. The minimum absolute atomic E-state index is 0.452. The molecule has 0 bridgehead atoms. The fourth-order valence-corrected chi connectivity index (χ4v) is 1.22. The number of aromatic nitrogens is 2. The van der Waals surface area contributed by atoms with Crippen LogP contribution in [0.1, 0.15) is 13.8 Å². The van der Waals surface area contributed by atoms with E-state index in [9.17, 15) is 18.8 Å². The maximum Gasteiger partial charge on any atom is 0.341 e. The third kappa shape index (κ3) is 3.69. The lowest BCUT2D eigenvalue weighted by Crippen LogP contribution is -2.34. The fourth-order valence-electron chi connectivity index (χ4n) is 1.22. The van der Waals surface area contributed by atoms with Crippen LogP contribution in [0.2, 0.25) is 0 Å². The molecule has 9 heteroatoms. The average Bonchev–Trinajstić information content (AvgIpc) is 2.29. The second-order valence-electron chi connectivity index (χ2n) is 3.38. The van der Waals surface area contributed by atoms with Crippen molar-refractivity contribution in [3.05, 3.63) is 12.0 Å². The van der Waals surface area contributed by atoms with Crippen LogP contribution in [0.5, 0.6) is 6.01 Å². The van der Waals surface area contributed by atoms with Gasteiger partial charge >= 0.3 is 12.0 Å². The Balaban J connectivity index is 3.11. The summed E-state index contributed by atoms with van der Waals surface area (Å²) in [5.41, 5.74) is 0. The lowest BCUT2D eigenvalue weighted by Gasteiger charge is -2.16. The van der Waals surface area contributed by atoms with Gasteiger partial charge in [0.2, 0.25) is 11.8 Å². The summed E-state index contributed by atoms with van der Waals surface area (Å²) < 4.78 is 18.1. The minimum Gasteiger partial charge on any atom is -0.479 e. The van der Waals surface area contributed by atoms with Gasteiger partial charge in [0.05, 0.1) is 6.20 Å². The number of hydrogen-bond acceptors (Lipinski definition) is 6. The number of halogens is 1. The Hall–Kier alpha value is -2.58. The van der Waals surface area contributed by atoms with Crippen LogP contribution in [-0.2, 0) is 14.4 Å². The summed E-state index contributed by atoms with van der Waals surface area (Å²) in [4.78, 5) is 40.2. The number of amides is 2. The standard InChI is InChI=1S/C10H10FN3O5/c1-5(15)14(6(2)16)9-7(11)3-12-10(13-9)19-4-8(17)18/h3H,4H2,1-2H3,(H,17,18). The molecule has 0 aliphatic rings. The van der Waals surface area contributed by atoms with E-state index in [1.165, 1.54) is 0 Å². The molecule has 0 aromatic carbocycles. The Labute approximate surface area is 106 Å². The maximum absolute atomic E-state index is 13.5. The quantitative estimate of drug-likeness (QED) is 0.819. The number of ether oxygens (including phenoxy) is 1. The van der Waals surface area contributed by atoms with E-state index in [0.717, 1.165) is 13.8 Å². The summed E-state index contributed by atoms with van der Waals surface area (Å²) in [6, 6.07) is -0.452. The number of carbonyl (C=O) groups is 3. The zero-order valence-corrected chi connectivity index (χ0v) is 10.1. The number of nitrogens with zero attached hydrogens (tertiary/aromatic N) is 3. The lowest BCUT2D eigenvalue weighted by molar-refractivity contribution is -0.139. The normalized spacial score (nSPS) is 9.84. The molecular formula is C10H10FN3O5. The zero-order valence-electron chi connectivity index (χ0n) is 10.1. The Morgan fingerprint density at radius 3 is 2.42 bits per heavy atom. The van der Waals surface area contributed by atoms with Gasteiger partial charge in [-0.15, -0.1) is 0 Å². The summed E-state index contributed by atoms with van der Waals surface area (Å²) in [6.45, 7) is 1.38. The van der Waals surface area contributed by atoms with Gasteiger partial charge < -0.3 is 9.84 Å². The van der Waals surface area contributed by atoms with Crippen molar-refractivity contribution < 1.29 is 28.6 Å². The van der Waals surface area contributed by atoms with Crippen molar-refractivity contribution in [2.75, 3.05) is 11.5 Å². The lowest BCUT2D eigenvalue weighted by atomic mass is 10.4. The van der Waals surface area contributed by atoms with E-state index in [1.54, 1.807) is 0 Å². The number of carbonyl (C=O) groups excluding carboxylic acids is 2. The molecule has 0 saturated carbocycles. The van der Waals surface area contributed by atoms with Crippen LogP contribution in [0.3, 0.4) is 0 Å². The molecule has 0 saturated heterocycles. The summed E-state index contributed by atoms with van der Waals surface area (Å²) in [7, 11) is 0. The van der Waals surface area contributed by atoms with Gasteiger partial charge in [-0.3, -0.25) is 9.59 Å². The predicted molar refractivity (Wildman–Crippen MR) is 59.0 cm³/mol. The van der Waals surface area contributed by atoms with Crippen LogP contribution in [0, 0.1) is 5.82 Å². The highest BCUT2D eigenvalue weighted by molar-refractivity contribution is 6.12. The molecule has 0 aliphatic heterocycles. The largest absolute Gasteiger partial charge is 0.479 e. The van der Waals surface area contributed by atoms with Gasteiger partial charge in [-0.25, -0.2) is 19.1 Å². The van der Waals surface area contributed by atoms with E-state index in [-0.39, 0.29) is 0 Å². The van der Waals surface area contributed by atoms with Crippen molar-refractivity contribution in [3.8, 4) is 6.01 Å². The van der Waals surface area contributed by atoms with Crippen LogP contribution in [-0.4, -0.2) is 39.5 Å². The third-order valence-corrected chi connectivity index (χ3v) is 1.87. The number of carboxylic acid groups (broad SMARTS) is 1. The van der Waals surface area contributed by atoms with Crippen LogP contribution >= 0.6 is 0 Å². The Morgan fingerprint density at radius 2 is 1.95 bits per heavy atom. The number of anilines is 1. The number of hydrogen-bond donors (Lipinski definition) is 1. The molecule has 0 atom stereocenters. The molecule has 8 nitrogen and oxygen atoms in total. The smallest absolute Gasteiger partial charge is 0.341 e. The average molecular weight is 271 g/mol. The highest BCUT2D eigenvalue weighted by Gasteiger charge is 2.23. The maximum atomic E-state index is 13.5. The number of rotatable bonds is 4. The fraction of sp³-hybridized carbons (Fsp3) is 0.300. The molecule has 1 rings (SSSR count). The highest BCUT2D eigenvalue weighted by Crippen LogP contribution is 2.18. The minimum atomic E-state index is -1.27. The molecule has 0 radical (unpaired) electrons. The van der Waals surface area contributed by atoms with E-state index in [2.05, 4.69) is 14.7 Å². The van der Waals surface area contributed by atoms with Crippen LogP contribution in [0.25, 0.3) is 0 Å². The van der Waals surface area contributed by atoms with Crippen LogP contribution in [0.15, 0.2) is 6.20 Å². The van der Waals surface area contributed by atoms with Crippen LogP contribution < -0.4 is 9.64 Å². The van der Waals surface area contributed by atoms with E-state index < -0.39 is 42.0 Å². The first-order valence-corrected chi connectivity index (χ1v) is 5.01. The van der Waals surface area contributed by atoms with Gasteiger partial charge in [-0.1, -0.05) is 0 Å². The highest BCUT2D eigenvalue weighted by atomic mass is 19.1. The Morgan fingerprint density at radius 1 is 1.37 bits per heavy atom. The van der Waals surface area contributed by atoms with E-state index in [4.69, 9.17) is 5.11 Å². The first-order chi connectivity index (χ1) is 8.82. The first kappa shape index (κ1) is 14.5. The molecule has 1 aromatic rings. The summed E-state index contributed by atoms with van der Waals surface area (Å²) in [6.07, 6.45) is 0.679. The SMILES string of the molecule is CC(=O)N(C(C)=O)c1nc(OCC(=O)O)ncc1F. The summed E-state index contributed by atoms with van der Waals surface area (Å²) in [5, 5.41) is 8.41. The predicted octanol–water partition coefficient (Wildman–Crippen LogP) is -0.0215. The molecule has 19 heavy (non-hydrogen) atoms. The molecule has 0 unspecified atom stereocenters. The topological polar surface area (TPSA) is 110 Å². The molecular weight excluding hydrogens is 261 g/mol. The Bertz CT molecular complexity index is 520. The molecule has 1 heterocycles. The van der Waals surface area contributed by atoms with Crippen molar-refractivity contribution in [1.29, 1.82) is 0 Å². The molecule has 0 spiro atoms. The van der Waals surface area contributed by atoms with Crippen molar-refractivity contribution in [2.45, 2.75) is 13.8 Å². The van der Waals surface area contributed by atoms with E-state index in [1.807, 2.05) is 0 Å². The van der Waals surface area contributed by atoms with Gasteiger partial charge in [0, 0.05) is 13.8 Å². The molecule has 0 aliphatic carbocycles. The number of aliphatic carboxylic acids is 1. The molecule has 102 valence electrons. The monoisotopic (exact) mass is 271 g/mol. The number of carboxylic acids is 1. The Kier molecular flexibility index (Phi) is 4.46. The molecule has 1 aromatic heterocycles. The molecule has 1 N–H and O–H groups in total. The van der Waals surface area contributed by atoms with Gasteiger partial charge in [-0.05, 0) is 0 Å². The van der Waals surface area contributed by atoms with E-state index in [0.29, 0.717) is 11.1 Å². The van der Waals surface area contributed by atoms with Gasteiger partial charge in [0.25, 0.3) is 0 Å². The van der Waals surface area contributed by atoms with Crippen molar-refractivity contribution >= 4 is 23.6 Å². The van der Waals surface area contributed by atoms with E-state index >= 15 is 0 Å².